The Morgan fingerprint density at radius 3 is 2.71 bits per heavy atom. The molecule has 21 heavy (non-hydrogen) atoms. The minimum atomic E-state index is -0.452. The number of nitrogens with zero attached hydrogens (tertiary/aromatic N) is 3. The predicted molar refractivity (Wildman–Crippen MR) is 77.8 cm³/mol. The average molecular weight is 290 g/mol. The van der Waals surface area contributed by atoms with Crippen molar-refractivity contribution in [3.63, 3.8) is 0 Å². The third-order valence-electron chi connectivity index (χ3n) is 2.80. The SMILES string of the molecule is CC(C)(C)NCCc1nc(-c2ccccc2[N+](=O)[O-])no1. The van der Waals surface area contributed by atoms with Crippen LogP contribution in [0.3, 0.4) is 0 Å². The predicted octanol–water partition coefficient (Wildman–Crippen LogP) is 2.58. The van der Waals surface area contributed by atoms with Gasteiger partial charge < -0.3 is 9.84 Å². The lowest BCUT2D eigenvalue weighted by Gasteiger charge is -2.19. The first-order valence-electron chi connectivity index (χ1n) is 6.68. The van der Waals surface area contributed by atoms with Gasteiger partial charge in [0, 0.05) is 24.6 Å². The lowest BCUT2D eigenvalue weighted by atomic mass is 10.1. The van der Waals surface area contributed by atoms with Crippen molar-refractivity contribution in [2.24, 2.45) is 0 Å². The highest BCUT2D eigenvalue weighted by Crippen LogP contribution is 2.26. The molecule has 1 aromatic heterocycles. The number of nitrogens with one attached hydrogen (secondary N) is 1. The monoisotopic (exact) mass is 290 g/mol. The van der Waals surface area contributed by atoms with Gasteiger partial charge >= 0.3 is 0 Å². The summed E-state index contributed by atoms with van der Waals surface area (Å²) in [5.41, 5.74) is 0.347. The van der Waals surface area contributed by atoms with Crippen LogP contribution in [0.5, 0.6) is 0 Å². The van der Waals surface area contributed by atoms with Crippen LogP contribution in [0.4, 0.5) is 5.69 Å². The summed E-state index contributed by atoms with van der Waals surface area (Å²) in [6.07, 6.45) is 0.574. The Hall–Kier alpha value is -2.28. The largest absolute Gasteiger partial charge is 0.339 e. The molecule has 1 aromatic carbocycles. The lowest BCUT2D eigenvalue weighted by molar-refractivity contribution is -0.384. The Morgan fingerprint density at radius 2 is 2.05 bits per heavy atom. The average Bonchev–Trinajstić information content (AvgIpc) is 2.86. The van der Waals surface area contributed by atoms with Gasteiger partial charge in [-0.05, 0) is 26.8 Å². The number of nitro benzene ring substituents is 1. The highest BCUT2D eigenvalue weighted by molar-refractivity contribution is 5.67. The summed E-state index contributed by atoms with van der Waals surface area (Å²) >= 11 is 0. The molecule has 0 saturated carbocycles. The highest BCUT2D eigenvalue weighted by atomic mass is 16.6. The normalized spacial score (nSPS) is 11.6. The van der Waals surface area contributed by atoms with Gasteiger partial charge in [0.1, 0.15) is 5.56 Å². The summed E-state index contributed by atoms with van der Waals surface area (Å²) in [6.45, 7) is 6.90. The van der Waals surface area contributed by atoms with Crippen LogP contribution >= 0.6 is 0 Å². The van der Waals surface area contributed by atoms with E-state index in [-0.39, 0.29) is 17.1 Å². The van der Waals surface area contributed by atoms with E-state index in [4.69, 9.17) is 4.52 Å². The maximum Gasteiger partial charge on any atom is 0.280 e. The van der Waals surface area contributed by atoms with Crippen molar-refractivity contribution in [2.45, 2.75) is 32.7 Å². The van der Waals surface area contributed by atoms with E-state index in [0.717, 1.165) is 0 Å². The van der Waals surface area contributed by atoms with E-state index in [9.17, 15) is 10.1 Å². The molecule has 1 heterocycles. The third kappa shape index (κ3) is 4.09. The van der Waals surface area contributed by atoms with E-state index < -0.39 is 4.92 Å². The Kier molecular flexibility index (Phi) is 4.32. The summed E-state index contributed by atoms with van der Waals surface area (Å²) in [7, 11) is 0. The molecule has 0 amide bonds. The molecule has 0 aliphatic rings. The molecule has 2 rings (SSSR count). The van der Waals surface area contributed by atoms with E-state index in [1.54, 1.807) is 18.2 Å². The number of aromatic nitrogens is 2. The smallest absolute Gasteiger partial charge is 0.280 e. The molecule has 2 aromatic rings. The zero-order chi connectivity index (χ0) is 15.5. The van der Waals surface area contributed by atoms with Gasteiger partial charge in [-0.15, -0.1) is 0 Å². The number of nitro groups is 1. The molecule has 0 atom stereocenters. The molecule has 0 saturated heterocycles. The van der Waals surface area contributed by atoms with Gasteiger partial charge in [-0.1, -0.05) is 17.3 Å². The minimum absolute atomic E-state index is 0.0149. The lowest BCUT2D eigenvalue weighted by Crippen LogP contribution is -2.37. The molecule has 1 N–H and O–H groups in total. The summed E-state index contributed by atoms with van der Waals surface area (Å²) in [5, 5.41) is 18.1. The molecule has 0 bridgehead atoms. The Morgan fingerprint density at radius 1 is 1.33 bits per heavy atom. The topological polar surface area (TPSA) is 94.1 Å². The van der Waals surface area contributed by atoms with Crippen LogP contribution in [0.25, 0.3) is 11.4 Å². The second-order valence-electron chi connectivity index (χ2n) is 5.71. The first-order chi connectivity index (χ1) is 9.87. The van der Waals surface area contributed by atoms with Gasteiger partial charge in [0.15, 0.2) is 0 Å². The van der Waals surface area contributed by atoms with Crippen molar-refractivity contribution in [1.29, 1.82) is 0 Å². The molecular formula is C14H18N4O3. The molecule has 7 nitrogen and oxygen atoms in total. The van der Waals surface area contributed by atoms with Crippen molar-refractivity contribution >= 4 is 5.69 Å². The zero-order valence-electron chi connectivity index (χ0n) is 12.3. The van der Waals surface area contributed by atoms with Gasteiger partial charge in [-0.3, -0.25) is 10.1 Å². The summed E-state index contributed by atoms with van der Waals surface area (Å²) in [6, 6.07) is 6.35. The fourth-order valence-electron chi connectivity index (χ4n) is 1.83. The number of rotatable bonds is 5. The van der Waals surface area contributed by atoms with Crippen LogP contribution in [0, 0.1) is 10.1 Å². The van der Waals surface area contributed by atoms with Gasteiger partial charge in [0.05, 0.1) is 4.92 Å². The molecule has 0 aliphatic carbocycles. The molecule has 0 unspecified atom stereocenters. The Balaban J connectivity index is 2.12. The van der Waals surface area contributed by atoms with Crippen LogP contribution < -0.4 is 5.32 Å². The van der Waals surface area contributed by atoms with Gasteiger partial charge in [-0.25, -0.2) is 0 Å². The fraction of sp³-hybridized carbons (Fsp3) is 0.429. The summed E-state index contributed by atoms with van der Waals surface area (Å²) in [4.78, 5) is 14.8. The van der Waals surface area contributed by atoms with E-state index in [1.807, 2.05) is 0 Å². The van der Waals surface area contributed by atoms with E-state index in [1.165, 1.54) is 6.07 Å². The molecule has 7 heteroatoms. The van der Waals surface area contributed by atoms with Crippen LogP contribution in [0.2, 0.25) is 0 Å². The number of hydrogen-bond acceptors (Lipinski definition) is 6. The van der Waals surface area contributed by atoms with Crippen molar-refractivity contribution < 1.29 is 9.45 Å². The summed E-state index contributed by atoms with van der Waals surface area (Å²) < 4.78 is 5.14. The summed E-state index contributed by atoms with van der Waals surface area (Å²) in [5.74, 6) is 0.702. The van der Waals surface area contributed by atoms with Crippen molar-refractivity contribution in [3.8, 4) is 11.4 Å². The Labute approximate surface area is 122 Å². The molecule has 112 valence electrons. The maximum absolute atomic E-state index is 11.0. The first kappa shape index (κ1) is 15.1. The fourth-order valence-corrected chi connectivity index (χ4v) is 1.83. The quantitative estimate of drug-likeness (QED) is 0.671. The van der Waals surface area contributed by atoms with Gasteiger partial charge in [-0.2, -0.15) is 4.98 Å². The first-order valence-corrected chi connectivity index (χ1v) is 6.68. The van der Waals surface area contributed by atoms with Crippen LogP contribution in [-0.2, 0) is 6.42 Å². The van der Waals surface area contributed by atoms with Crippen LogP contribution in [0.15, 0.2) is 28.8 Å². The standard InChI is InChI=1S/C14H18N4O3/c1-14(2,3)15-9-8-12-16-13(17-21-12)10-6-4-5-7-11(10)18(19)20/h4-7,15H,8-9H2,1-3H3. The van der Waals surface area contributed by atoms with E-state index >= 15 is 0 Å². The molecule has 0 radical (unpaired) electrons. The molecule has 0 fully saturated rings. The van der Waals surface area contributed by atoms with Crippen LogP contribution in [0.1, 0.15) is 26.7 Å². The number of para-hydroxylation sites is 1. The number of benzene rings is 1. The van der Waals surface area contributed by atoms with E-state index in [0.29, 0.717) is 24.4 Å². The van der Waals surface area contributed by atoms with E-state index in [2.05, 4.69) is 36.2 Å². The second-order valence-corrected chi connectivity index (χ2v) is 5.71. The van der Waals surface area contributed by atoms with Gasteiger partial charge in [0.25, 0.3) is 5.69 Å². The Bertz CT molecular complexity index is 631. The zero-order valence-corrected chi connectivity index (χ0v) is 12.3. The molecular weight excluding hydrogens is 272 g/mol. The van der Waals surface area contributed by atoms with Gasteiger partial charge in [0.2, 0.25) is 11.7 Å². The molecule has 0 spiro atoms. The molecule has 0 aliphatic heterocycles. The van der Waals surface area contributed by atoms with Crippen molar-refractivity contribution in [2.75, 3.05) is 6.54 Å². The second kappa shape index (κ2) is 6.01. The van der Waals surface area contributed by atoms with Crippen LogP contribution in [-0.4, -0.2) is 27.1 Å². The third-order valence-corrected chi connectivity index (χ3v) is 2.80. The number of hydrogen-bond donors (Lipinski definition) is 1. The highest BCUT2D eigenvalue weighted by Gasteiger charge is 2.19. The van der Waals surface area contributed by atoms with Crippen molar-refractivity contribution in [3.05, 3.63) is 40.3 Å². The van der Waals surface area contributed by atoms with Crippen molar-refractivity contribution in [1.82, 2.24) is 15.5 Å². The minimum Gasteiger partial charge on any atom is -0.339 e. The maximum atomic E-state index is 11.0.